The number of anilines is 1. The Kier molecular flexibility index (Phi) is 3.67. The predicted molar refractivity (Wildman–Crippen MR) is 83.3 cm³/mol. The van der Waals surface area contributed by atoms with Crippen molar-refractivity contribution in [2.75, 3.05) is 5.32 Å². The van der Waals surface area contributed by atoms with Gasteiger partial charge < -0.3 is 11.1 Å². The van der Waals surface area contributed by atoms with Crippen LogP contribution in [0.25, 0.3) is 10.2 Å². The van der Waals surface area contributed by atoms with E-state index in [-0.39, 0.29) is 11.4 Å². The summed E-state index contributed by atoms with van der Waals surface area (Å²) >= 11 is 7.37. The summed E-state index contributed by atoms with van der Waals surface area (Å²) in [7, 11) is 0. The second kappa shape index (κ2) is 5.31. The molecule has 0 spiro atoms. The Hall–Kier alpha value is -1.17. The minimum atomic E-state index is -0.329. The molecule has 0 atom stereocenters. The van der Waals surface area contributed by atoms with Crippen LogP contribution in [0.15, 0.2) is 18.2 Å². The van der Waals surface area contributed by atoms with Gasteiger partial charge in [-0.1, -0.05) is 35.8 Å². The molecule has 106 valence electrons. The zero-order valence-corrected chi connectivity index (χ0v) is 12.6. The average Bonchev–Trinajstić information content (AvgIpc) is 2.94. The highest BCUT2D eigenvalue weighted by molar-refractivity contribution is 7.22. The number of nitrogens with two attached hydrogens (primary N) is 1. The van der Waals surface area contributed by atoms with Gasteiger partial charge in [-0.05, 0) is 31.0 Å². The van der Waals surface area contributed by atoms with Crippen LogP contribution in [-0.2, 0) is 4.79 Å². The molecule has 3 N–H and O–H groups in total. The maximum absolute atomic E-state index is 12.1. The van der Waals surface area contributed by atoms with Gasteiger partial charge in [-0.3, -0.25) is 4.79 Å². The number of thiazole rings is 1. The van der Waals surface area contributed by atoms with E-state index >= 15 is 0 Å². The number of hydrogen-bond donors (Lipinski definition) is 2. The first-order valence-corrected chi connectivity index (χ1v) is 7.88. The maximum Gasteiger partial charge on any atom is 0.228 e. The van der Waals surface area contributed by atoms with E-state index in [4.69, 9.17) is 17.3 Å². The third-order valence-electron chi connectivity index (χ3n) is 3.71. The van der Waals surface area contributed by atoms with Crippen molar-refractivity contribution in [1.29, 1.82) is 0 Å². The van der Waals surface area contributed by atoms with Crippen LogP contribution in [0.1, 0.15) is 32.1 Å². The van der Waals surface area contributed by atoms with Crippen molar-refractivity contribution in [3.63, 3.8) is 0 Å². The van der Waals surface area contributed by atoms with E-state index in [9.17, 15) is 4.79 Å². The highest BCUT2D eigenvalue weighted by Gasteiger charge is 2.31. The number of carbonyl (C=O) groups is 1. The van der Waals surface area contributed by atoms with Crippen molar-refractivity contribution < 1.29 is 4.79 Å². The number of amides is 1. The van der Waals surface area contributed by atoms with Gasteiger partial charge >= 0.3 is 0 Å². The van der Waals surface area contributed by atoms with Crippen LogP contribution in [0.3, 0.4) is 0 Å². The summed E-state index contributed by atoms with van der Waals surface area (Å²) in [5, 5.41) is 4.13. The van der Waals surface area contributed by atoms with E-state index in [2.05, 4.69) is 10.3 Å². The first-order valence-electron chi connectivity index (χ1n) is 6.69. The molecule has 2 aromatic rings. The van der Waals surface area contributed by atoms with Gasteiger partial charge in [0, 0.05) is 17.0 Å². The fourth-order valence-electron chi connectivity index (χ4n) is 2.69. The number of nitrogens with zero attached hydrogens (tertiary/aromatic N) is 1. The zero-order chi connectivity index (χ0) is 14.2. The van der Waals surface area contributed by atoms with Gasteiger partial charge in [-0.25, -0.2) is 4.98 Å². The summed E-state index contributed by atoms with van der Waals surface area (Å²) < 4.78 is 0.969. The normalized spacial score (nSPS) is 17.5. The average molecular weight is 310 g/mol. The molecule has 0 bridgehead atoms. The molecule has 1 fully saturated rings. The minimum Gasteiger partial charge on any atom is -0.325 e. The highest BCUT2D eigenvalue weighted by atomic mass is 35.5. The Labute approximate surface area is 126 Å². The molecule has 1 aromatic carbocycles. The molecule has 1 amide bonds. The molecule has 1 aliphatic carbocycles. The van der Waals surface area contributed by atoms with Gasteiger partial charge in [0.05, 0.1) is 10.2 Å². The van der Waals surface area contributed by atoms with Gasteiger partial charge in [0.2, 0.25) is 5.91 Å². The van der Waals surface area contributed by atoms with Gasteiger partial charge in [-0.2, -0.15) is 0 Å². The van der Waals surface area contributed by atoms with Crippen LogP contribution in [0.4, 0.5) is 5.13 Å². The number of rotatable bonds is 3. The Balaban J connectivity index is 1.71. The van der Waals surface area contributed by atoms with Crippen molar-refractivity contribution in [3.05, 3.63) is 23.2 Å². The summed E-state index contributed by atoms with van der Waals surface area (Å²) in [6.45, 7) is 0. The number of carbonyl (C=O) groups excluding carboxylic acids is 1. The number of aromatic nitrogens is 1. The molecule has 0 unspecified atom stereocenters. The largest absolute Gasteiger partial charge is 0.325 e. The fraction of sp³-hybridized carbons (Fsp3) is 0.429. The standard InChI is InChI=1S/C14H16ClN3OS/c15-9-3-4-10-11(7-9)20-13(17-10)18-12(19)8-14(16)5-1-2-6-14/h3-4,7H,1-2,5-6,8,16H2,(H,17,18,19). The molecule has 4 nitrogen and oxygen atoms in total. The number of hydrogen-bond acceptors (Lipinski definition) is 4. The van der Waals surface area contributed by atoms with Gasteiger partial charge in [0.1, 0.15) is 0 Å². The van der Waals surface area contributed by atoms with Crippen LogP contribution in [-0.4, -0.2) is 16.4 Å². The smallest absolute Gasteiger partial charge is 0.228 e. The van der Waals surface area contributed by atoms with E-state index in [1.165, 1.54) is 11.3 Å². The van der Waals surface area contributed by atoms with Gasteiger partial charge in [-0.15, -0.1) is 0 Å². The lowest BCUT2D eigenvalue weighted by molar-refractivity contribution is -0.117. The number of nitrogens with one attached hydrogen (secondary N) is 1. The second-order valence-corrected chi connectivity index (χ2v) is 6.89. The molecule has 6 heteroatoms. The number of benzene rings is 1. The minimum absolute atomic E-state index is 0.0560. The van der Waals surface area contributed by atoms with Crippen LogP contribution in [0.5, 0.6) is 0 Å². The Morgan fingerprint density at radius 3 is 2.95 bits per heavy atom. The van der Waals surface area contributed by atoms with Gasteiger partial charge in [0.25, 0.3) is 0 Å². The summed E-state index contributed by atoms with van der Waals surface area (Å²) in [6.07, 6.45) is 4.45. The topological polar surface area (TPSA) is 68.0 Å². The molecule has 20 heavy (non-hydrogen) atoms. The van der Waals surface area contributed by atoms with Crippen molar-refractivity contribution >= 4 is 44.2 Å². The number of fused-ring (bicyclic) bond motifs is 1. The second-order valence-electron chi connectivity index (χ2n) is 5.43. The summed E-state index contributed by atoms with van der Waals surface area (Å²) in [4.78, 5) is 16.4. The predicted octanol–water partition coefficient (Wildman–Crippen LogP) is 3.55. The third kappa shape index (κ3) is 2.95. The molecular weight excluding hydrogens is 294 g/mol. The van der Waals surface area contributed by atoms with Crippen molar-refractivity contribution in [2.24, 2.45) is 5.73 Å². The lowest BCUT2D eigenvalue weighted by Gasteiger charge is -2.22. The van der Waals surface area contributed by atoms with Crippen molar-refractivity contribution in [3.8, 4) is 0 Å². The zero-order valence-electron chi connectivity index (χ0n) is 11.0. The third-order valence-corrected chi connectivity index (χ3v) is 4.88. The molecule has 1 aromatic heterocycles. The Morgan fingerprint density at radius 2 is 2.20 bits per heavy atom. The summed E-state index contributed by atoms with van der Waals surface area (Å²) in [6, 6.07) is 5.50. The quantitative estimate of drug-likeness (QED) is 0.911. The van der Waals surface area contributed by atoms with Crippen LogP contribution >= 0.6 is 22.9 Å². The monoisotopic (exact) mass is 309 g/mol. The van der Waals surface area contributed by atoms with Crippen molar-refractivity contribution in [1.82, 2.24) is 4.98 Å². The molecule has 0 radical (unpaired) electrons. The molecular formula is C14H16ClN3OS. The van der Waals surface area contributed by atoms with Crippen LogP contribution in [0.2, 0.25) is 5.02 Å². The van der Waals surface area contributed by atoms with E-state index in [1.807, 2.05) is 12.1 Å². The van der Waals surface area contributed by atoms with E-state index < -0.39 is 0 Å². The summed E-state index contributed by atoms with van der Waals surface area (Å²) in [5.41, 5.74) is 6.73. The molecule has 1 saturated carbocycles. The van der Waals surface area contributed by atoms with E-state index in [0.717, 1.165) is 35.9 Å². The Bertz CT molecular complexity index is 649. The number of halogens is 1. The molecule has 1 aliphatic rings. The first kappa shape index (κ1) is 13.8. The SMILES string of the molecule is NC1(CC(=O)Nc2nc3ccc(Cl)cc3s2)CCCC1. The first-order chi connectivity index (χ1) is 9.54. The molecule has 0 aliphatic heterocycles. The van der Waals surface area contributed by atoms with Crippen LogP contribution < -0.4 is 11.1 Å². The molecule has 0 saturated heterocycles. The van der Waals surface area contributed by atoms with E-state index in [1.54, 1.807) is 6.07 Å². The molecule has 3 rings (SSSR count). The lowest BCUT2D eigenvalue weighted by Crippen LogP contribution is -2.40. The summed E-state index contributed by atoms with van der Waals surface area (Å²) in [5.74, 6) is -0.0560. The maximum atomic E-state index is 12.1. The lowest BCUT2D eigenvalue weighted by atomic mass is 9.94. The van der Waals surface area contributed by atoms with Gasteiger partial charge in [0.15, 0.2) is 5.13 Å². The van der Waals surface area contributed by atoms with E-state index in [0.29, 0.717) is 16.6 Å². The highest BCUT2D eigenvalue weighted by Crippen LogP contribution is 2.31. The van der Waals surface area contributed by atoms with Crippen LogP contribution in [0, 0.1) is 0 Å². The fourth-order valence-corrected chi connectivity index (χ4v) is 3.85. The van der Waals surface area contributed by atoms with Crippen molar-refractivity contribution in [2.45, 2.75) is 37.6 Å². The molecule has 1 heterocycles. The Morgan fingerprint density at radius 1 is 1.45 bits per heavy atom.